The molecule has 0 saturated heterocycles. The first-order valence-corrected chi connectivity index (χ1v) is 9.70. The summed E-state index contributed by atoms with van der Waals surface area (Å²) in [6, 6.07) is 7.71. The molecule has 3 nitrogen and oxygen atoms in total. The molecule has 5 heteroatoms. The zero-order valence-electron chi connectivity index (χ0n) is 13.1. The zero-order valence-corrected chi connectivity index (χ0v) is 14.7. The molecule has 0 fully saturated rings. The van der Waals surface area contributed by atoms with Crippen molar-refractivity contribution in [3.05, 3.63) is 34.9 Å². The van der Waals surface area contributed by atoms with Crippen molar-refractivity contribution in [2.45, 2.75) is 33.1 Å². The van der Waals surface area contributed by atoms with Crippen molar-refractivity contribution in [1.29, 1.82) is 0 Å². The van der Waals surface area contributed by atoms with Crippen LogP contribution in [-0.4, -0.2) is 33.0 Å². The van der Waals surface area contributed by atoms with Gasteiger partial charge in [0.25, 0.3) is 0 Å². The van der Waals surface area contributed by atoms with Gasteiger partial charge in [-0.3, -0.25) is 0 Å². The van der Waals surface area contributed by atoms with Gasteiger partial charge in [0.2, 0.25) is 0 Å². The fourth-order valence-electron chi connectivity index (χ4n) is 2.16. The Morgan fingerprint density at radius 1 is 1.24 bits per heavy atom. The van der Waals surface area contributed by atoms with E-state index in [9.17, 15) is 8.42 Å². The van der Waals surface area contributed by atoms with Crippen LogP contribution in [0.25, 0.3) is 0 Å². The van der Waals surface area contributed by atoms with E-state index in [-0.39, 0.29) is 17.4 Å². The van der Waals surface area contributed by atoms with Gasteiger partial charge in [0.05, 0.1) is 5.75 Å². The van der Waals surface area contributed by atoms with Crippen LogP contribution >= 0.6 is 11.6 Å². The van der Waals surface area contributed by atoms with Gasteiger partial charge in [0.1, 0.15) is 9.84 Å². The Hall–Kier alpha value is -0.580. The number of halogens is 1. The minimum Gasteiger partial charge on any atom is -0.316 e. The monoisotopic (exact) mass is 331 g/mol. The Morgan fingerprint density at radius 2 is 1.95 bits per heavy atom. The Labute approximate surface area is 134 Å². The highest BCUT2D eigenvalue weighted by Gasteiger charge is 2.16. The van der Waals surface area contributed by atoms with Gasteiger partial charge in [-0.15, -0.1) is 0 Å². The highest BCUT2D eigenvalue weighted by molar-refractivity contribution is 7.91. The van der Waals surface area contributed by atoms with Crippen LogP contribution in [0.3, 0.4) is 0 Å². The summed E-state index contributed by atoms with van der Waals surface area (Å²) in [6.07, 6.45) is 0.627. The lowest BCUT2D eigenvalue weighted by molar-refractivity contribution is 0.507. The van der Waals surface area contributed by atoms with Crippen LogP contribution in [-0.2, 0) is 9.84 Å². The molecule has 1 rings (SSSR count). The van der Waals surface area contributed by atoms with Gasteiger partial charge in [-0.2, -0.15) is 0 Å². The summed E-state index contributed by atoms with van der Waals surface area (Å²) in [5.41, 5.74) is 1.10. The van der Waals surface area contributed by atoms with Crippen LogP contribution in [0.4, 0.5) is 0 Å². The number of hydrogen-bond acceptors (Lipinski definition) is 3. The van der Waals surface area contributed by atoms with Crippen molar-refractivity contribution in [3.8, 4) is 0 Å². The Bertz CT molecular complexity index is 529. The van der Waals surface area contributed by atoms with E-state index in [1.165, 1.54) is 0 Å². The molecular weight excluding hydrogens is 306 g/mol. The molecule has 0 aliphatic heterocycles. The van der Waals surface area contributed by atoms with E-state index in [0.717, 1.165) is 18.7 Å². The lowest BCUT2D eigenvalue weighted by Crippen LogP contribution is -2.27. The number of benzene rings is 1. The molecule has 0 bridgehead atoms. The fraction of sp³-hybridized carbons (Fsp3) is 0.625. The third-order valence-electron chi connectivity index (χ3n) is 3.48. The van der Waals surface area contributed by atoms with Gasteiger partial charge in [-0.25, -0.2) is 8.42 Å². The number of hydrogen-bond donors (Lipinski definition) is 1. The van der Waals surface area contributed by atoms with E-state index in [4.69, 9.17) is 11.6 Å². The molecule has 1 aromatic rings. The summed E-state index contributed by atoms with van der Waals surface area (Å²) in [5.74, 6) is 1.17. The predicted molar refractivity (Wildman–Crippen MR) is 90.8 cm³/mol. The van der Waals surface area contributed by atoms with Crippen molar-refractivity contribution in [2.24, 2.45) is 5.92 Å². The third-order valence-corrected chi connectivity index (χ3v) is 5.45. The largest absolute Gasteiger partial charge is 0.316 e. The fourth-order valence-corrected chi connectivity index (χ4v) is 3.29. The van der Waals surface area contributed by atoms with Crippen molar-refractivity contribution >= 4 is 21.4 Å². The quantitative estimate of drug-likeness (QED) is 0.753. The minimum atomic E-state index is -2.93. The van der Waals surface area contributed by atoms with Crippen LogP contribution in [0.2, 0.25) is 5.02 Å². The van der Waals surface area contributed by atoms with Crippen molar-refractivity contribution in [3.63, 3.8) is 0 Å². The van der Waals surface area contributed by atoms with Gasteiger partial charge in [-0.05, 0) is 42.5 Å². The second-order valence-corrected chi connectivity index (χ2v) is 8.74. The molecule has 1 N–H and O–H groups in total. The van der Waals surface area contributed by atoms with Crippen molar-refractivity contribution in [2.75, 3.05) is 24.6 Å². The van der Waals surface area contributed by atoms with Gasteiger partial charge >= 0.3 is 0 Å². The van der Waals surface area contributed by atoms with E-state index in [0.29, 0.717) is 17.4 Å². The maximum Gasteiger partial charge on any atom is 0.150 e. The molecule has 0 amide bonds. The molecule has 0 spiro atoms. The lowest BCUT2D eigenvalue weighted by Gasteiger charge is -2.19. The van der Waals surface area contributed by atoms with E-state index < -0.39 is 9.84 Å². The Morgan fingerprint density at radius 3 is 2.52 bits per heavy atom. The van der Waals surface area contributed by atoms with Crippen LogP contribution < -0.4 is 5.32 Å². The van der Waals surface area contributed by atoms with Gasteiger partial charge < -0.3 is 5.32 Å². The SMILES string of the molecule is CCS(=O)(=O)CCC(CNCC(C)C)c1cccc(Cl)c1. The Balaban J connectivity index is 2.74. The van der Waals surface area contributed by atoms with Crippen LogP contribution in [0.15, 0.2) is 24.3 Å². The first-order valence-electron chi connectivity index (χ1n) is 7.50. The second kappa shape index (κ2) is 8.76. The first-order chi connectivity index (χ1) is 9.84. The first kappa shape index (κ1) is 18.5. The van der Waals surface area contributed by atoms with Crippen LogP contribution in [0.1, 0.15) is 38.7 Å². The summed E-state index contributed by atoms with van der Waals surface area (Å²) < 4.78 is 23.5. The van der Waals surface area contributed by atoms with Crippen molar-refractivity contribution in [1.82, 2.24) is 5.32 Å². The smallest absolute Gasteiger partial charge is 0.150 e. The topological polar surface area (TPSA) is 46.2 Å². The van der Waals surface area contributed by atoms with Crippen molar-refractivity contribution < 1.29 is 8.42 Å². The van der Waals surface area contributed by atoms with E-state index in [1.807, 2.05) is 24.3 Å². The maximum absolute atomic E-state index is 11.7. The molecule has 0 aliphatic carbocycles. The highest BCUT2D eigenvalue weighted by Crippen LogP contribution is 2.23. The van der Waals surface area contributed by atoms with E-state index in [1.54, 1.807) is 6.92 Å². The number of sulfone groups is 1. The molecule has 0 heterocycles. The van der Waals surface area contributed by atoms with E-state index >= 15 is 0 Å². The number of rotatable bonds is 9. The summed E-state index contributed by atoms with van der Waals surface area (Å²) in [7, 11) is -2.93. The minimum absolute atomic E-state index is 0.170. The van der Waals surface area contributed by atoms with Crippen LogP contribution in [0.5, 0.6) is 0 Å². The molecule has 120 valence electrons. The highest BCUT2D eigenvalue weighted by atomic mass is 35.5. The maximum atomic E-state index is 11.7. The Kier molecular flexibility index (Phi) is 7.71. The molecule has 0 aliphatic rings. The second-order valence-electron chi connectivity index (χ2n) is 5.83. The zero-order chi connectivity index (χ0) is 15.9. The molecule has 21 heavy (non-hydrogen) atoms. The third kappa shape index (κ3) is 7.30. The van der Waals surface area contributed by atoms with Gasteiger partial charge in [-0.1, -0.05) is 44.5 Å². The number of nitrogens with one attached hydrogen (secondary N) is 1. The standard InChI is InChI=1S/C16H26ClNO2S/c1-4-21(19,20)9-8-15(12-18-11-13(2)3)14-6-5-7-16(17)10-14/h5-7,10,13,15,18H,4,8-9,11-12H2,1-3H3. The average molecular weight is 332 g/mol. The molecule has 1 aromatic carbocycles. The molecule has 1 unspecified atom stereocenters. The normalized spacial score (nSPS) is 13.6. The molecule has 1 atom stereocenters. The van der Waals surface area contributed by atoms with Gasteiger partial charge in [0, 0.05) is 17.3 Å². The molecule has 0 saturated carbocycles. The molecule has 0 radical (unpaired) electrons. The van der Waals surface area contributed by atoms with E-state index in [2.05, 4.69) is 19.2 Å². The average Bonchev–Trinajstić information content (AvgIpc) is 2.42. The molecule has 0 aromatic heterocycles. The summed E-state index contributed by atoms with van der Waals surface area (Å²) in [4.78, 5) is 0. The van der Waals surface area contributed by atoms with Crippen LogP contribution in [0, 0.1) is 5.92 Å². The van der Waals surface area contributed by atoms with Gasteiger partial charge in [0.15, 0.2) is 0 Å². The summed E-state index contributed by atoms with van der Waals surface area (Å²) in [6.45, 7) is 7.71. The summed E-state index contributed by atoms with van der Waals surface area (Å²) in [5, 5.41) is 4.11. The predicted octanol–water partition coefficient (Wildman–Crippen LogP) is 3.49. The lowest BCUT2D eigenvalue weighted by atomic mass is 9.96. The molecular formula is C16H26ClNO2S. The summed E-state index contributed by atoms with van der Waals surface area (Å²) >= 11 is 6.05.